The number of hydrogen-bond donors (Lipinski definition) is 7. The molecule has 0 amide bonds. The van der Waals surface area contributed by atoms with Crippen LogP contribution in [-0.4, -0.2) is 129 Å². The minimum absolute atomic E-state index is 0. The van der Waals surface area contributed by atoms with Crippen LogP contribution in [0.2, 0.25) is 0 Å². The molecule has 45 heavy (non-hydrogen) atoms. The Morgan fingerprint density at radius 2 is 1.60 bits per heavy atom. The van der Waals surface area contributed by atoms with Crippen molar-refractivity contribution in [2.24, 2.45) is 0 Å². The average Bonchev–Trinajstić information content (AvgIpc) is 3.01. The molecular weight excluding hydrogens is 631 g/mol. The maximum Gasteiger partial charge on any atom is 0.416 e. The van der Waals surface area contributed by atoms with Crippen LogP contribution in [0.5, 0.6) is 5.75 Å². The summed E-state index contributed by atoms with van der Waals surface area (Å²) in [6, 6.07) is 13.1. The van der Waals surface area contributed by atoms with Crippen LogP contribution in [-0.2, 0) is 20.4 Å². The van der Waals surface area contributed by atoms with Gasteiger partial charge in [-0.15, -0.1) is 12.4 Å². The van der Waals surface area contributed by atoms with Gasteiger partial charge >= 0.3 is 6.18 Å². The lowest BCUT2D eigenvalue weighted by Crippen LogP contribution is -2.61. The number of aliphatic hydroxyl groups is 7. The van der Waals surface area contributed by atoms with Gasteiger partial charge in [0.1, 0.15) is 54.6 Å². The number of carbonyl (C=O) groups is 1. The van der Waals surface area contributed by atoms with Crippen molar-refractivity contribution < 1.29 is 67.9 Å². The molecular formula is C29H39ClF3NO11. The molecule has 0 aromatic heterocycles. The molecule has 0 aliphatic carbocycles. The molecule has 0 radical (unpaired) electrons. The van der Waals surface area contributed by atoms with E-state index < -0.39 is 85.9 Å². The van der Waals surface area contributed by atoms with Crippen LogP contribution >= 0.6 is 12.4 Å². The molecule has 9 atom stereocenters. The van der Waals surface area contributed by atoms with Crippen LogP contribution in [0.1, 0.15) is 23.7 Å². The summed E-state index contributed by atoms with van der Waals surface area (Å²) in [4.78, 5) is 14.5. The molecule has 0 bridgehead atoms. The van der Waals surface area contributed by atoms with E-state index in [1.807, 2.05) is 0 Å². The molecule has 1 heterocycles. The highest BCUT2D eigenvalue weighted by Gasteiger charge is 2.47. The second kappa shape index (κ2) is 17.5. The van der Waals surface area contributed by atoms with E-state index in [2.05, 4.69) is 0 Å². The van der Waals surface area contributed by atoms with Gasteiger partial charge in [-0.25, -0.2) is 0 Å². The molecule has 2 aromatic carbocycles. The first kappa shape index (κ1) is 38.8. The van der Waals surface area contributed by atoms with Gasteiger partial charge in [0, 0.05) is 13.0 Å². The number of aliphatic hydroxyl groups excluding tert-OH is 7. The lowest BCUT2D eigenvalue weighted by molar-refractivity contribution is -0.323. The largest absolute Gasteiger partial charge is 0.486 e. The highest BCUT2D eigenvalue weighted by Crippen LogP contribution is 2.32. The number of alkyl halides is 3. The van der Waals surface area contributed by atoms with Crippen LogP contribution in [0.3, 0.4) is 0 Å². The monoisotopic (exact) mass is 669 g/mol. The van der Waals surface area contributed by atoms with E-state index in [1.165, 1.54) is 17.0 Å². The molecule has 1 fully saturated rings. The third kappa shape index (κ3) is 10.6. The van der Waals surface area contributed by atoms with E-state index in [0.29, 0.717) is 0 Å². The van der Waals surface area contributed by atoms with Crippen LogP contribution in [0, 0.1) is 0 Å². The van der Waals surface area contributed by atoms with Gasteiger partial charge in [-0.3, -0.25) is 9.69 Å². The number of Topliss-reactive ketones (excluding diaryl/α,β-unsaturated/α-hetero) is 1. The number of ketones is 1. The molecule has 254 valence electrons. The van der Waals surface area contributed by atoms with Gasteiger partial charge in [0.2, 0.25) is 0 Å². The molecule has 3 unspecified atom stereocenters. The SMILES string of the molecule is CN(CCC(Oc1ccc(C(F)(F)F)cc1)c1ccccc1)CC(=O)[C@@H](O)C(OC1O[C@H](CO)[C@H](O)[C@H](O)[C@H]1O)[C@H](O)CO.Cl. The Hall–Kier alpha value is -2.41. The number of ether oxygens (including phenoxy) is 3. The fourth-order valence-electron chi connectivity index (χ4n) is 4.62. The highest BCUT2D eigenvalue weighted by atomic mass is 35.5. The van der Waals surface area contributed by atoms with Crippen molar-refractivity contribution in [1.82, 2.24) is 4.90 Å². The predicted octanol–water partition coefficient (Wildman–Crippen LogP) is 0.0375. The zero-order valence-corrected chi connectivity index (χ0v) is 25.0. The van der Waals surface area contributed by atoms with E-state index >= 15 is 0 Å². The van der Waals surface area contributed by atoms with E-state index in [0.717, 1.165) is 17.7 Å². The Morgan fingerprint density at radius 3 is 2.16 bits per heavy atom. The third-order valence-electron chi connectivity index (χ3n) is 7.18. The summed E-state index contributed by atoms with van der Waals surface area (Å²) in [5.74, 6) is -0.651. The van der Waals surface area contributed by atoms with Crippen LogP contribution in [0.4, 0.5) is 13.2 Å². The van der Waals surface area contributed by atoms with Crippen molar-refractivity contribution in [3.63, 3.8) is 0 Å². The molecule has 1 aliphatic rings. The van der Waals surface area contributed by atoms with E-state index in [9.17, 15) is 53.7 Å². The van der Waals surface area contributed by atoms with E-state index in [-0.39, 0.29) is 37.7 Å². The molecule has 16 heteroatoms. The van der Waals surface area contributed by atoms with Gasteiger partial charge < -0.3 is 50.0 Å². The standard InChI is InChI=1S/C29H38F3NO11.ClH/c1-33(12-11-21(16-5-3-2-4-6-16)42-18-9-7-17(8-10-18)29(30,31)32)13-19(36)23(38)27(20(37)14-34)44-28-26(41)25(40)24(39)22(15-35)43-28;/h2-10,20-28,34-35,37-41H,11-15H2,1H3;1H/t20-,21?,22-,23-,24+,25+,26-,27?,28?;/m1./s1. The zero-order valence-electron chi connectivity index (χ0n) is 24.2. The summed E-state index contributed by atoms with van der Waals surface area (Å²) in [6.07, 6.45) is -19.1. The first-order chi connectivity index (χ1) is 20.8. The summed E-state index contributed by atoms with van der Waals surface area (Å²) in [5.41, 5.74) is -0.0933. The number of benzene rings is 2. The maximum absolute atomic E-state index is 13.0. The second-order valence-electron chi connectivity index (χ2n) is 10.5. The lowest BCUT2D eigenvalue weighted by Gasteiger charge is -2.41. The smallest absolute Gasteiger partial charge is 0.416 e. The minimum atomic E-state index is -4.50. The Morgan fingerprint density at radius 1 is 0.978 bits per heavy atom. The van der Waals surface area contributed by atoms with Crippen LogP contribution < -0.4 is 4.74 Å². The van der Waals surface area contributed by atoms with Gasteiger partial charge in [0.05, 0.1) is 25.3 Å². The number of hydrogen-bond acceptors (Lipinski definition) is 12. The van der Waals surface area contributed by atoms with E-state index in [1.54, 1.807) is 37.4 Å². The molecule has 12 nitrogen and oxygen atoms in total. The summed E-state index contributed by atoms with van der Waals surface area (Å²) in [5, 5.41) is 70.0. The topological polar surface area (TPSA) is 190 Å². The fourth-order valence-corrected chi connectivity index (χ4v) is 4.62. The van der Waals surface area contributed by atoms with Crippen molar-refractivity contribution in [2.45, 2.75) is 67.7 Å². The van der Waals surface area contributed by atoms with E-state index in [4.69, 9.17) is 14.2 Å². The van der Waals surface area contributed by atoms with Crippen molar-refractivity contribution in [1.29, 1.82) is 0 Å². The summed E-state index contributed by atoms with van der Waals surface area (Å²) in [7, 11) is 1.56. The fraction of sp³-hybridized carbons (Fsp3) is 0.552. The Bertz CT molecular complexity index is 1160. The number of halogens is 4. The maximum atomic E-state index is 13.0. The normalized spacial score (nSPS) is 24.8. The third-order valence-corrected chi connectivity index (χ3v) is 7.18. The minimum Gasteiger partial charge on any atom is -0.486 e. The predicted molar refractivity (Wildman–Crippen MR) is 153 cm³/mol. The van der Waals surface area contributed by atoms with Crippen molar-refractivity contribution in [2.75, 3.05) is 33.4 Å². The second-order valence-corrected chi connectivity index (χ2v) is 10.5. The number of rotatable bonds is 15. The van der Waals surface area contributed by atoms with Crippen molar-refractivity contribution in [3.05, 3.63) is 65.7 Å². The first-order valence-electron chi connectivity index (χ1n) is 13.8. The lowest BCUT2D eigenvalue weighted by atomic mass is 9.98. The van der Waals surface area contributed by atoms with Crippen molar-refractivity contribution >= 4 is 18.2 Å². The van der Waals surface area contributed by atoms with Gasteiger partial charge in [-0.05, 0) is 36.9 Å². The Labute approximate surface area is 263 Å². The van der Waals surface area contributed by atoms with Crippen LogP contribution in [0.15, 0.2) is 54.6 Å². The van der Waals surface area contributed by atoms with Crippen LogP contribution in [0.25, 0.3) is 0 Å². The average molecular weight is 670 g/mol. The van der Waals surface area contributed by atoms with Gasteiger partial charge in [0.15, 0.2) is 12.1 Å². The quantitative estimate of drug-likeness (QED) is 0.135. The molecule has 7 N–H and O–H groups in total. The summed E-state index contributed by atoms with van der Waals surface area (Å²) >= 11 is 0. The zero-order chi connectivity index (χ0) is 32.6. The summed E-state index contributed by atoms with van der Waals surface area (Å²) < 4.78 is 55.4. The number of likely N-dealkylation sites (N-methyl/N-ethyl adjacent to an activating group) is 1. The van der Waals surface area contributed by atoms with Gasteiger partial charge in [0.25, 0.3) is 0 Å². The number of nitrogens with zero attached hydrogens (tertiary/aromatic N) is 1. The molecule has 0 saturated carbocycles. The first-order valence-corrected chi connectivity index (χ1v) is 13.8. The van der Waals surface area contributed by atoms with Gasteiger partial charge in [-0.2, -0.15) is 13.2 Å². The molecule has 0 spiro atoms. The molecule has 1 saturated heterocycles. The summed E-state index contributed by atoms with van der Waals surface area (Å²) in [6.45, 7) is -1.89. The molecule has 2 aromatic rings. The Balaban J connectivity index is 0.00000705. The molecule has 1 aliphatic heterocycles. The Kier molecular flexibility index (Phi) is 15.1. The number of carbonyl (C=O) groups excluding carboxylic acids is 1. The highest BCUT2D eigenvalue weighted by molar-refractivity contribution is 5.85. The van der Waals surface area contributed by atoms with Gasteiger partial charge in [-0.1, -0.05) is 30.3 Å². The molecule has 3 rings (SSSR count). The van der Waals surface area contributed by atoms with Crippen molar-refractivity contribution in [3.8, 4) is 5.75 Å².